The maximum absolute atomic E-state index is 5.71. The molecule has 17 heavy (non-hydrogen) atoms. The van der Waals surface area contributed by atoms with Crippen LogP contribution in [0.2, 0.25) is 0 Å². The minimum Gasteiger partial charge on any atom is -0.271 e. The first kappa shape index (κ1) is 14.9. The Hall–Kier alpha value is -0.130. The molecular weight excluding hydrogens is 323 g/mol. The highest BCUT2D eigenvalue weighted by molar-refractivity contribution is 14.1. The van der Waals surface area contributed by atoms with E-state index in [0.29, 0.717) is 5.92 Å². The Morgan fingerprint density at radius 1 is 1.41 bits per heavy atom. The number of nitrogens with two attached hydrogens (primary N) is 1. The second kappa shape index (κ2) is 7.34. The Morgan fingerprint density at radius 2 is 2.12 bits per heavy atom. The van der Waals surface area contributed by atoms with Crippen molar-refractivity contribution in [2.75, 3.05) is 0 Å². The molecule has 3 N–H and O–H groups in total. The summed E-state index contributed by atoms with van der Waals surface area (Å²) in [7, 11) is 0. The minimum atomic E-state index is 0.267. The molecule has 1 aromatic rings. The topological polar surface area (TPSA) is 38.0 Å². The van der Waals surface area contributed by atoms with Crippen LogP contribution in [0, 0.1) is 16.4 Å². The van der Waals surface area contributed by atoms with Crippen molar-refractivity contribution in [2.45, 2.75) is 46.1 Å². The molecule has 0 heterocycles. The average Bonchev–Trinajstić information content (AvgIpc) is 2.30. The summed E-state index contributed by atoms with van der Waals surface area (Å²) in [5.74, 6) is 6.42. The third-order valence-electron chi connectivity index (χ3n) is 3.22. The lowest BCUT2D eigenvalue weighted by Crippen LogP contribution is -2.30. The Labute approximate surface area is 118 Å². The molecule has 2 nitrogen and oxygen atoms in total. The molecule has 0 radical (unpaired) electrons. The van der Waals surface area contributed by atoms with Gasteiger partial charge in [0.05, 0.1) is 0 Å². The third kappa shape index (κ3) is 4.23. The van der Waals surface area contributed by atoms with Crippen LogP contribution in [0.4, 0.5) is 0 Å². The van der Waals surface area contributed by atoms with E-state index in [2.05, 4.69) is 67.0 Å². The standard InChI is InChI=1S/C14H23IN2/c1-4-6-10(2)9-13(17-16)12-8-5-7-11(3)14(12)15/h5,7-8,10,13,17H,4,6,9,16H2,1-3H3. The van der Waals surface area contributed by atoms with Crippen LogP contribution >= 0.6 is 22.6 Å². The molecule has 2 unspecified atom stereocenters. The number of nitrogens with one attached hydrogen (secondary N) is 1. The fourth-order valence-corrected chi connectivity index (χ4v) is 2.97. The molecule has 1 aromatic carbocycles. The van der Waals surface area contributed by atoms with E-state index in [1.807, 2.05) is 0 Å². The van der Waals surface area contributed by atoms with Crippen molar-refractivity contribution >= 4 is 22.6 Å². The molecule has 96 valence electrons. The Bertz CT molecular complexity index is 352. The minimum absolute atomic E-state index is 0.267. The van der Waals surface area contributed by atoms with E-state index in [4.69, 9.17) is 5.84 Å². The number of aryl methyl sites for hydroxylation is 1. The summed E-state index contributed by atoms with van der Waals surface area (Å²) in [6.45, 7) is 6.68. The first-order valence-corrected chi connectivity index (χ1v) is 7.39. The molecule has 0 aliphatic rings. The van der Waals surface area contributed by atoms with E-state index in [9.17, 15) is 0 Å². The van der Waals surface area contributed by atoms with E-state index < -0.39 is 0 Å². The van der Waals surface area contributed by atoms with Crippen LogP contribution in [0.25, 0.3) is 0 Å². The molecule has 0 bridgehead atoms. The van der Waals surface area contributed by atoms with Crippen LogP contribution in [0.5, 0.6) is 0 Å². The highest BCUT2D eigenvalue weighted by Gasteiger charge is 2.16. The number of benzene rings is 1. The van der Waals surface area contributed by atoms with Crippen LogP contribution in [0.3, 0.4) is 0 Å². The van der Waals surface area contributed by atoms with E-state index in [-0.39, 0.29) is 6.04 Å². The summed E-state index contributed by atoms with van der Waals surface area (Å²) in [4.78, 5) is 0. The molecule has 0 spiro atoms. The average molecular weight is 346 g/mol. The summed E-state index contributed by atoms with van der Waals surface area (Å²) >= 11 is 2.42. The highest BCUT2D eigenvalue weighted by Crippen LogP contribution is 2.28. The summed E-state index contributed by atoms with van der Waals surface area (Å²) in [6, 6.07) is 6.71. The smallest absolute Gasteiger partial charge is 0.0473 e. The molecule has 2 atom stereocenters. The summed E-state index contributed by atoms with van der Waals surface area (Å²) in [5, 5.41) is 0. The Balaban J connectivity index is 2.82. The van der Waals surface area contributed by atoms with Crippen LogP contribution in [-0.2, 0) is 0 Å². The zero-order chi connectivity index (χ0) is 12.8. The molecule has 0 aromatic heterocycles. The normalized spacial score (nSPS) is 14.6. The maximum atomic E-state index is 5.71. The van der Waals surface area contributed by atoms with Gasteiger partial charge in [-0.25, -0.2) is 0 Å². The van der Waals surface area contributed by atoms with Gasteiger partial charge in [0, 0.05) is 9.61 Å². The van der Waals surface area contributed by atoms with Crippen LogP contribution < -0.4 is 11.3 Å². The first-order chi connectivity index (χ1) is 8.10. The molecule has 0 aliphatic carbocycles. The molecule has 0 saturated carbocycles. The van der Waals surface area contributed by atoms with Gasteiger partial charge in [-0.15, -0.1) is 0 Å². The van der Waals surface area contributed by atoms with Crippen molar-refractivity contribution in [1.82, 2.24) is 5.43 Å². The maximum Gasteiger partial charge on any atom is 0.0473 e. The van der Waals surface area contributed by atoms with E-state index >= 15 is 0 Å². The van der Waals surface area contributed by atoms with Gasteiger partial charge in [-0.2, -0.15) is 0 Å². The van der Waals surface area contributed by atoms with Crippen LogP contribution in [0.1, 0.15) is 50.3 Å². The van der Waals surface area contributed by atoms with Gasteiger partial charge in [0.1, 0.15) is 0 Å². The molecule has 0 saturated heterocycles. The number of hydrazine groups is 1. The van der Waals surface area contributed by atoms with Gasteiger partial charge in [-0.3, -0.25) is 11.3 Å². The molecular formula is C14H23IN2. The number of halogens is 1. The fourth-order valence-electron chi connectivity index (χ4n) is 2.24. The van der Waals surface area contributed by atoms with Gasteiger partial charge in [-0.1, -0.05) is 44.9 Å². The first-order valence-electron chi connectivity index (χ1n) is 6.31. The summed E-state index contributed by atoms with van der Waals surface area (Å²) < 4.78 is 1.33. The largest absolute Gasteiger partial charge is 0.271 e. The van der Waals surface area contributed by atoms with Gasteiger partial charge in [0.15, 0.2) is 0 Å². The monoisotopic (exact) mass is 346 g/mol. The van der Waals surface area contributed by atoms with Crippen molar-refractivity contribution in [3.8, 4) is 0 Å². The van der Waals surface area contributed by atoms with E-state index in [1.165, 1.54) is 27.5 Å². The quantitative estimate of drug-likeness (QED) is 0.465. The molecule has 0 fully saturated rings. The summed E-state index contributed by atoms with van der Waals surface area (Å²) in [5.41, 5.74) is 5.63. The number of hydrogen-bond donors (Lipinski definition) is 2. The van der Waals surface area contributed by atoms with Crippen molar-refractivity contribution < 1.29 is 0 Å². The Morgan fingerprint density at radius 3 is 2.71 bits per heavy atom. The Kier molecular flexibility index (Phi) is 6.44. The lowest BCUT2D eigenvalue weighted by Gasteiger charge is -2.22. The number of rotatable bonds is 6. The zero-order valence-corrected chi connectivity index (χ0v) is 13.1. The lowest BCUT2D eigenvalue weighted by atomic mass is 9.93. The molecule has 3 heteroatoms. The van der Waals surface area contributed by atoms with Crippen LogP contribution in [0.15, 0.2) is 18.2 Å². The van der Waals surface area contributed by atoms with Crippen LogP contribution in [-0.4, -0.2) is 0 Å². The lowest BCUT2D eigenvalue weighted by molar-refractivity contribution is 0.393. The van der Waals surface area contributed by atoms with Crippen molar-refractivity contribution in [3.05, 3.63) is 32.9 Å². The van der Waals surface area contributed by atoms with Crippen molar-refractivity contribution in [3.63, 3.8) is 0 Å². The second-order valence-corrected chi connectivity index (χ2v) is 5.91. The number of hydrogen-bond acceptors (Lipinski definition) is 2. The van der Waals surface area contributed by atoms with E-state index in [0.717, 1.165) is 6.42 Å². The zero-order valence-electron chi connectivity index (χ0n) is 11.0. The summed E-state index contributed by atoms with van der Waals surface area (Å²) in [6.07, 6.45) is 3.60. The van der Waals surface area contributed by atoms with Crippen molar-refractivity contribution in [2.24, 2.45) is 11.8 Å². The second-order valence-electron chi connectivity index (χ2n) is 4.83. The van der Waals surface area contributed by atoms with Gasteiger partial charge in [-0.05, 0) is 53.0 Å². The molecule has 0 aliphatic heterocycles. The van der Waals surface area contributed by atoms with E-state index in [1.54, 1.807) is 0 Å². The highest BCUT2D eigenvalue weighted by atomic mass is 127. The SMILES string of the molecule is CCCC(C)CC(NN)c1cccc(C)c1I. The van der Waals surface area contributed by atoms with Gasteiger partial charge in [0.25, 0.3) is 0 Å². The predicted octanol–water partition coefficient (Wildman–Crippen LogP) is 3.93. The predicted molar refractivity (Wildman–Crippen MR) is 82.6 cm³/mol. The van der Waals surface area contributed by atoms with Gasteiger partial charge in [0.2, 0.25) is 0 Å². The van der Waals surface area contributed by atoms with Gasteiger partial charge >= 0.3 is 0 Å². The van der Waals surface area contributed by atoms with Gasteiger partial charge < -0.3 is 0 Å². The molecule has 0 amide bonds. The van der Waals surface area contributed by atoms with Crippen molar-refractivity contribution in [1.29, 1.82) is 0 Å². The fraction of sp³-hybridized carbons (Fsp3) is 0.571. The third-order valence-corrected chi connectivity index (χ3v) is 4.69. The molecule has 1 rings (SSSR count).